The summed E-state index contributed by atoms with van der Waals surface area (Å²) >= 11 is 0. The molecule has 0 atom stereocenters. The minimum absolute atomic E-state index is 0.0979. The van der Waals surface area contributed by atoms with E-state index in [0.29, 0.717) is 18.8 Å². The smallest absolute Gasteiger partial charge is 0.313 e. The van der Waals surface area contributed by atoms with Crippen LogP contribution in [-0.2, 0) is 14.4 Å². The maximum absolute atomic E-state index is 12.0. The lowest BCUT2D eigenvalue weighted by Gasteiger charge is -2.18. The van der Waals surface area contributed by atoms with Gasteiger partial charge in [0.05, 0.1) is 0 Å². The van der Waals surface area contributed by atoms with Crippen molar-refractivity contribution in [1.29, 1.82) is 0 Å². The second-order valence-corrected chi connectivity index (χ2v) is 4.71. The van der Waals surface area contributed by atoms with Crippen molar-refractivity contribution >= 4 is 23.4 Å². The first kappa shape index (κ1) is 14.0. The van der Waals surface area contributed by atoms with Crippen LogP contribution in [0.3, 0.4) is 0 Å². The molecule has 1 fully saturated rings. The van der Waals surface area contributed by atoms with E-state index in [1.165, 1.54) is 4.90 Å². The van der Waals surface area contributed by atoms with Gasteiger partial charge in [-0.3, -0.25) is 14.4 Å². The summed E-state index contributed by atoms with van der Waals surface area (Å²) in [7, 11) is 0. The molecule has 106 valence electrons. The standard InChI is InChI=1S/C14H17N3O3/c1-10-2-4-11(5-3-10)16-13(19)14(20)17-8-6-12(18)15-7-9-17/h2-5H,6-9H2,1H3,(H,15,18)(H,16,19). The lowest BCUT2D eigenvalue weighted by Crippen LogP contribution is -2.41. The van der Waals surface area contributed by atoms with Gasteiger partial charge in [0, 0.05) is 31.7 Å². The van der Waals surface area contributed by atoms with Crippen LogP contribution in [0.15, 0.2) is 24.3 Å². The highest BCUT2D eigenvalue weighted by molar-refractivity contribution is 6.39. The van der Waals surface area contributed by atoms with Gasteiger partial charge >= 0.3 is 11.8 Å². The average Bonchev–Trinajstić information content (AvgIpc) is 2.65. The summed E-state index contributed by atoms with van der Waals surface area (Å²) in [4.78, 5) is 36.5. The van der Waals surface area contributed by atoms with Gasteiger partial charge in [-0.2, -0.15) is 0 Å². The van der Waals surface area contributed by atoms with Gasteiger partial charge in [0.25, 0.3) is 0 Å². The van der Waals surface area contributed by atoms with E-state index in [9.17, 15) is 14.4 Å². The number of rotatable bonds is 1. The van der Waals surface area contributed by atoms with Crippen LogP contribution in [0.2, 0.25) is 0 Å². The highest BCUT2D eigenvalue weighted by atomic mass is 16.2. The lowest BCUT2D eigenvalue weighted by molar-refractivity contribution is -0.143. The molecule has 6 nitrogen and oxygen atoms in total. The Hall–Kier alpha value is -2.37. The topological polar surface area (TPSA) is 78.5 Å². The van der Waals surface area contributed by atoms with Crippen molar-refractivity contribution in [2.24, 2.45) is 0 Å². The third-order valence-corrected chi connectivity index (χ3v) is 3.10. The Morgan fingerprint density at radius 2 is 1.90 bits per heavy atom. The van der Waals surface area contributed by atoms with Crippen molar-refractivity contribution in [2.75, 3.05) is 25.0 Å². The highest BCUT2D eigenvalue weighted by Gasteiger charge is 2.24. The summed E-state index contributed by atoms with van der Waals surface area (Å²) in [5, 5.41) is 5.22. The van der Waals surface area contributed by atoms with Gasteiger partial charge in [-0.1, -0.05) is 17.7 Å². The number of benzene rings is 1. The van der Waals surface area contributed by atoms with Crippen LogP contribution in [0.4, 0.5) is 5.69 Å². The molecule has 6 heteroatoms. The molecule has 3 amide bonds. The summed E-state index contributed by atoms with van der Waals surface area (Å²) in [5.74, 6) is -1.38. The number of carbonyl (C=O) groups excluding carboxylic acids is 3. The second-order valence-electron chi connectivity index (χ2n) is 4.71. The fourth-order valence-corrected chi connectivity index (χ4v) is 1.94. The number of aryl methyl sites for hydroxylation is 1. The molecule has 0 spiro atoms. The van der Waals surface area contributed by atoms with E-state index < -0.39 is 11.8 Å². The lowest BCUT2D eigenvalue weighted by atomic mass is 10.2. The van der Waals surface area contributed by atoms with E-state index in [-0.39, 0.29) is 18.9 Å². The predicted octanol–water partition coefficient (Wildman–Crippen LogP) is 0.282. The van der Waals surface area contributed by atoms with Crippen molar-refractivity contribution in [1.82, 2.24) is 10.2 Å². The zero-order valence-corrected chi connectivity index (χ0v) is 11.3. The van der Waals surface area contributed by atoms with Gasteiger partial charge in [-0.25, -0.2) is 0 Å². The molecular weight excluding hydrogens is 258 g/mol. The summed E-state index contributed by atoms with van der Waals surface area (Å²) in [6, 6.07) is 7.20. The van der Waals surface area contributed by atoms with E-state index >= 15 is 0 Å². The fraction of sp³-hybridized carbons (Fsp3) is 0.357. The molecule has 1 aliphatic rings. The number of amides is 3. The van der Waals surface area contributed by atoms with Gasteiger partial charge in [0.2, 0.25) is 5.91 Å². The van der Waals surface area contributed by atoms with Gasteiger partial charge < -0.3 is 15.5 Å². The minimum Gasteiger partial charge on any atom is -0.354 e. The van der Waals surface area contributed by atoms with E-state index in [4.69, 9.17) is 0 Å². The molecule has 1 aromatic carbocycles. The average molecular weight is 275 g/mol. The molecule has 0 saturated carbocycles. The van der Waals surface area contributed by atoms with Crippen LogP contribution >= 0.6 is 0 Å². The number of hydrogen-bond donors (Lipinski definition) is 2. The number of hydrogen-bond acceptors (Lipinski definition) is 3. The third kappa shape index (κ3) is 3.57. The van der Waals surface area contributed by atoms with Crippen molar-refractivity contribution in [3.8, 4) is 0 Å². The van der Waals surface area contributed by atoms with Crippen LogP contribution in [0.25, 0.3) is 0 Å². The Morgan fingerprint density at radius 3 is 2.60 bits per heavy atom. The third-order valence-electron chi connectivity index (χ3n) is 3.10. The van der Waals surface area contributed by atoms with Crippen LogP contribution in [0.1, 0.15) is 12.0 Å². The highest BCUT2D eigenvalue weighted by Crippen LogP contribution is 2.09. The van der Waals surface area contributed by atoms with E-state index in [2.05, 4.69) is 10.6 Å². The van der Waals surface area contributed by atoms with Crippen LogP contribution in [-0.4, -0.2) is 42.3 Å². The van der Waals surface area contributed by atoms with Gasteiger partial charge in [0.15, 0.2) is 0 Å². The summed E-state index contributed by atoms with van der Waals surface area (Å²) in [6.07, 6.45) is 0.226. The van der Waals surface area contributed by atoms with Crippen LogP contribution < -0.4 is 10.6 Å². The monoisotopic (exact) mass is 275 g/mol. The van der Waals surface area contributed by atoms with Crippen molar-refractivity contribution < 1.29 is 14.4 Å². The minimum atomic E-state index is -0.678. The number of nitrogens with one attached hydrogen (secondary N) is 2. The zero-order valence-electron chi connectivity index (χ0n) is 11.3. The molecular formula is C14H17N3O3. The van der Waals surface area contributed by atoms with E-state index in [1.54, 1.807) is 12.1 Å². The molecule has 1 aromatic rings. The Labute approximate surface area is 117 Å². The SMILES string of the molecule is Cc1ccc(NC(=O)C(=O)N2CCNC(=O)CC2)cc1. The van der Waals surface area contributed by atoms with Crippen molar-refractivity contribution in [3.63, 3.8) is 0 Å². The fourth-order valence-electron chi connectivity index (χ4n) is 1.94. The molecule has 20 heavy (non-hydrogen) atoms. The first-order valence-corrected chi connectivity index (χ1v) is 6.50. The Bertz CT molecular complexity index is 525. The van der Waals surface area contributed by atoms with Crippen molar-refractivity contribution in [3.05, 3.63) is 29.8 Å². The normalized spacial score (nSPS) is 15.2. The molecule has 0 unspecified atom stereocenters. The molecule has 1 aliphatic heterocycles. The maximum Gasteiger partial charge on any atom is 0.313 e. The Morgan fingerprint density at radius 1 is 1.20 bits per heavy atom. The maximum atomic E-state index is 12.0. The van der Waals surface area contributed by atoms with E-state index in [1.807, 2.05) is 19.1 Å². The Kier molecular flexibility index (Phi) is 4.34. The molecule has 1 heterocycles. The van der Waals surface area contributed by atoms with Crippen molar-refractivity contribution in [2.45, 2.75) is 13.3 Å². The molecule has 2 rings (SSSR count). The number of nitrogens with zero attached hydrogens (tertiary/aromatic N) is 1. The summed E-state index contributed by atoms with van der Waals surface area (Å²) in [5.41, 5.74) is 1.66. The zero-order chi connectivity index (χ0) is 14.5. The van der Waals surface area contributed by atoms with Gasteiger partial charge in [-0.05, 0) is 19.1 Å². The van der Waals surface area contributed by atoms with Crippen LogP contribution in [0.5, 0.6) is 0 Å². The quantitative estimate of drug-likeness (QED) is 0.723. The first-order valence-electron chi connectivity index (χ1n) is 6.50. The number of anilines is 1. The molecule has 0 bridgehead atoms. The molecule has 2 N–H and O–H groups in total. The summed E-state index contributed by atoms with van der Waals surface area (Å²) < 4.78 is 0. The van der Waals surface area contributed by atoms with Gasteiger partial charge in [0.1, 0.15) is 0 Å². The first-order chi connectivity index (χ1) is 9.56. The van der Waals surface area contributed by atoms with Crippen LogP contribution in [0, 0.1) is 6.92 Å². The number of carbonyl (C=O) groups is 3. The summed E-state index contributed by atoms with van der Waals surface area (Å²) in [6.45, 7) is 2.94. The molecule has 0 radical (unpaired) electrons. The second kappa shape index (κ2) is 6.18. The van der Waals surface area contributed by atoms with Gasteiger partial charge in [-0.15, -0.1) is 0 Å². The predicted molar refractivity (Wildman–Crippen MR) is 74.0 cm³/mol. The molecule has 0 aromatic heterocycles. The molecule has 0 aliphatic carbocycles. The Balaban J connectivity index is 1.96. The van der Waals surface area contributed by atoms with E-state index in [0.717, 1.165) is 5.56 Å². The molecule has 1 saturated heterocycles. The largest absolute Gasteiger partial charge is 0.354 e.